The van der Waals surface area contributed by atoms with E-state index in [9.17, 15) is 4.79 Å². The second kappa shape index (κ2) is 8.62. The first-order chi connectivity index (χ1) is 15.3. The van der Waals surface area contributed by atoms with Crippen LogP contribution in [0.15, 0.2) is 110 Å². The van der Waals surface area contributed by atoms with Gasteiger partial charge in [0.1, 0.15) is 0 Å². The minimum atomic E-state index is -0.316. The number of hydrogen-bond acceptors (Lipinski definition) is 4. The molecule has 4 nitrogen and oxygen atoms in total. The van der Waals surface area contributed by atoms with Crippen molar-refractivity contribution in [3.8, 4) is 0 Å². The summed E-state index contributed by atoms with van der Waals surface area (Å²) in [6.07, 6.45) is 7.22. The number of carbonyl (C=O) groups excluding carboxylic acids is 1. The van der Waals surface area contributed by atoms with E-state index in [0.717, 1.165) is 22.3 Å². The van der Waals surface area contributed by atoms with Gasteiger partial charge in [-0.15, -0.1) is 0 Å². The van der Waals surface area contributed by atoms with Gasteiger partial charge in [0.2, 0.25) is 0 Å². The molecule has 1 fully saturated rings. The second-order valence-corrected chi connectivity index (χ2v) is 7.87. The summed E-state index contributed by atoms with van der Waals surface area (Å²) in [4.78, 5) is 22.9. The van der Waals surface area contributed by atoms with Crippen LogP contribution in [0.25, 0.3) is 0 Å². The van der Waals surface area contributed by atoms with Crippen molar-refractivity contribution < 1.29 is 4.79 Å². The third kappa shape index (κ3) is 3.78. The Morgan fingerprint density at radius 2 is 0.968 bits per heavy atom. The van der Waals surface area contributed by atoms with Crippen molar-refractivity contribution >= 4 is 5.78 Å². The standard InChI is InChI=1S/C27H23N3O/c31-27-23(19-9-3-1-4-10-19)25(21-13-7-15-28-17-21)30-26(22-14-8-16-29-18-22)24(27)20-11-5-2-6-12-20/h1-18,23-26,30H/t23-,24-,25-,26+/m1/s1. The van der Waals surface area contributed by atoms with Gasteiger partial charge in [0.25, 0.3) is 0 Å². The highest BCUT2D eigenvalue weighted by Gasteiger charge is 2.46. The van der Waals surface area contributed by atoms with E-state index in [-0.39, 0.29) is 29.7 Å². The van der Waals surface area contributed by atoms with E-state index in [2.05, 4.69) is 15.3 Å². The molecule has 0 spiro atoms. The number of Topliss-reactive ketones (excluding diaryl/α,β-unsaturated/α-hetero) is 1. The summed E-state index contributed by atoms with van der Waals surface area (Å²) >= 11 is 0. The minimum Gasteiger partial charge on any atom is -0.301 e. The van der Waals surface area contributed by atoms with E-state index in [4.69, 9.17) is 0 Å². The zero-order valence-electron chi connectivity index (χ0n) is 17.0. The van der Waals surface area contributed by atoms with Crippen LogP contribution in [-0.4, -0.2) is 15.8 Å². The fourth-order valence-corrected chi connectivity index (χ4v) is 4.64. The number of ketones is 1. The lowest BCUT2D eigenvalue weighted by Crippen LogP contribution is -2.46. The Labute approximate surface area is 182 Å². The van der Waals surface area contributed by atoms with Crippen molar-refractivity contribution in [3.05, 3.63) is 132 Å². The van der Waals surface area contributed by atoms with Crippen LogP contribution in [0.2, 0.25) is 0 Å². The largest absolute Gasteiger partial charge is 0.301 e. The van der Waals surface area contributed by atoms with Gasteiger partial charge in [0.05, 0.1) is 11.8 Å². The van der Waals surface area contributed by atoms with Gasteiger partial charge in [-0.3, -0.25) is 14.8 Å². The second-order valence-electron chi connectivity index (χ2n) is 7.87. The Bertz CT molecular complexity index is 1040. The van der Waals surface area contributed by atoms with E-state index in [1.54, 1.807) is 12.4 Å². The Kier molecular flexibility index (Phi) is 5.38. The molecule has 2 aromatic heterocycles. The predicted octanol–water partition coefficient (Wildman–Crippen LogP) is 5.00. The molecule has 31 heavy (non-hydrogen) atoms. The normalized spacial score (nSPS) is 23.4. The van der Waals surface area contributed by atoms with Crippen LogP contribution in [0.4, 0.5) is 0 Å². The molecule has 0 radical (unpaired) electrons. The van der Waals surface area contributed by atoms with Crippen molar-refractivity contribution in [1.29, 1.82) is 0 Å². The van der Waals surface area contributed by atoms with Crippen LogP contribution in [0.1, 0.15) is 46.2 Å². The lowest BCUT2D eigenvalue weighted by Gasteiger charge is -2.42. The summed E-state index contributed by atoms with van der Waals surface area (Å²) in [5, 5.41) is 3.81. The average molecular weight is 406 g/mol. The van der Waals surface area contributed by atoms with E-state index in [1.165, 1.54) is 0 Å². The Balaban J connectivity index is 1.67. The van der Waals surface area contributed by atoms with Crippen molar-refractivity contribution in [2.24, 2.45) is 0 Å². The summed E-state index contributed by atoms with van der Waals surface area (Å²) in [5.41, 5.74) is 4.04. The van der Waals surface area contributed by atoms with Gasteiger partial charge in [-0.1, -0.05) is 72.8 Å². The average Bonchev–Trinajstić information content (AvgIpc) is 2.85. The van der Waals surface area contributed by atoms with E-state index >= 15 is 0 Å². The first-order valence-corrected chi connectivity index (χ1v) is 10.5. The fourth-order valence-electron chi connectivity index (χ4n) is 4.64. The van der Waals surface area contributed by atoms with Gasteiger partial charge in [-0.25, -0.2) is 0 Å². The van der Waals surface area contributed by atoms with Crippen LogP contribution in [0, 0.1) is 0 Å². The number of aromatic nitrogens is 2. The predicted molar refractivity (Wildman–Crippen MR) is 120 cm³/mol. The Morgan fingerprint density at radius 1 is 0.548 bits per heavy atom. The van der Waals surface area contributed by atoms with Gasteiger partial charge < -0.3 is 5.32 Å². The minimum absolute atomic E-state index is 0.186. The molecule has 0 saturated carbocycles. The summed E-state index contributed by atoms with van der Waals surface area (Å²) in [5.74, 6) is -0.425. The molecule has 4 atom stereocenters. The Morgan fingerprint density at radius 3 is 1.35 bits per heavy atom. The van der Waals surface area contributed by atoms with Crippen LogP contribution >= 0.6 is 0 Å². The van der Waals surface area contributed by atoms with Gasteiger partial charge in [0, 0.05) is 36.9 Å². The fraction of sp³-hybridized carbons (Fsp3) is 0.148. The van der Waals surface area contributed by atoms with E-state index in [0.29, 0.717) is 0 Å². The molecule has 0 bridgehead atoms. The van der Waals surface area contributed by atoms with E-state index in [1.807, 2.05) is 97.3 Å². The molecule has 4 aromatic rings. The maximum absolute atomic E-state index is 14.2. The zero-order chi connectivity index (χ0) is 21.0. The molecule has 1 aliphatic rings. The van der Waals surface area contributed by atoms with Gasteiger partial charge in [-0.2, -0.15) is 0 Å². The molecule has 1 N–H and O–H groups in total. The van der Waals surface area contributed by atoms with Gasteiger partial charge in [-0.05, 0) is 34.4 Å². The lowest BCUT2D eigenvalue weighted by molar-refractivity contribution is -0.125. The molecular formula is C27H23N3O. The highest BCUT2D eigenvalue weighted by molar-refractivity contribution is 5.94. The first-order valence-electron chi connectivity index (χ1n) is 10.5. The summed E-state index contributed by atoms with van der Waals surface area (Å²) in [6, 6.07) is 27.7. The van der Waals surface area contributed by atoms with Gasteiger partial charge in [0.15, 0.2) is 5.78 Å². The maximum Gasteiger partial charge on any atom is 0.151 e. The molecule has 0 aliphatic carbocycles. The summed E-state index contributed by atoms with van der Waals surface area (Å²) in [6.45, 7) is 0. The molecular weight excluding hydrogens is 382 g/mol. The van der Waals surface area contributed by atoms with Crippen LogP contribution in [-0.2, 0) is 4.79 Å². The number of benzene rings is 2. The van der Waals surface area contributed by atoms with Gasteiger partial charge >= 0.3 is 0 Å². The molecule has 152 valence electrons. The highest BCUT2D eigenvalue weighted by Crippen LogP contribution is 2.46. The molecule has 5 rings (SSSR count). The van der Waals surface area contributed by atoms with Crippen LogP contribution < -0.4 is 5.32 Å². The van der Waals surface area contributed by atoms with Crippen molar-refractivity contribution in [2.75, 3.05) is 0 Å². The molecule has 3 heterocycles. The molecule has 0 unspecified atom stereocenters. The molecule has 1 aliphatic heterocycles. The number of nitrogens with zero attached hydrogens (tertiary/aromatic N) is 2. The highest BCUT2D eigenvalue weighted by atomic mass is 16.1. The lowest BCUT2D eigenvalue weighted by atomic mass is 9.70. The quantitative estimate of drug-likeness (QED) is 0.519. The van der Waals surface area contributed by atoms with E-state index < -0.39 is 0 Å². The third-order valence-electron chi connectivity index (χ3n) is 6.04. The van der Waals surface area contributed by atoms with Crippen LogP contribution in [0.3, 0.4) is 0 Å². The Hall–Kier alpha value is -3.63. The molecule has 1 saturated heterocycles. The number of carbonyl (C=O) groups is 1. The van der Waals surface area contributed by atoms with Crippen molar-refractivity contribution in [1.82, 2.24) is 15.3 Å². The summed E-state index contributed by atoms with van der Waals surface area (Å²) < 4.78 is 0. The molecule has 4 heteroatoms. The maximum atomic E-state index is 14.2. The SMILES string of the molecule is O=C1[C@H](c2ccccc2)[C@@H](c2cccnc2)N[C@@H](c2cccnc2)[C@H]1c1ccccc1. The summed E-state index contributed by atoms with van der Waals surface area (Å²) in [7, 11) is 0. The first kappa shape index (κ1) is 19.3. The monoisotopic (exact) mass is 405 g/mol. The number of pyridine rings is 2. The smallest absolute Gasteiger partial charge is 0.151 e. The number of rotatable bonds is 4. The number of piperidine rings is 1. The number of nitrogens with one attached hydrogen (secondary N) is 1. The third-order valence-corrected chi connectivity index (χ3v) is 6.04. The van der Waals surface area contributed by atoms with Crippen molar-refractivity contribution in [3.63, 3.8) is 0 Å². The van der Waals surface area contributed by atoms with Crippen molar-refractivity contribution in [2.45, 2.75) is 23.9 Å². The van der Waals surface area contributed by atoms with Crippen LogP contribution in [0.5, 0.6) is 0 Å². The number of hydrogen-bond donors (Lipinski definition) is 1. The molecule has 0 amide bonds. The molecule has 2 aromatic carbocycles. The topological polar surface area (TPSA) is 54.9 Å². The zero-order valence-corrected chi connectivity index (χ0v) is 17.0.